The van der Waals surface area contributed by atoms with Crippen LogP contribution in [-0.2, 0) is 0 Å². The van der Waals surface area contributed by atoms with Gasteiger partial charge in [0, 0.05) is 6.61 Å². The van der Waals surface area contributed by atoms with Crippen LogP contribution in [0.4, 0.5) is 26.3 Å². The standard InChI is InChI=1S/C3F6.C2H6O.H2O/c4-1(2(5)6)3(7,8)9;1-2-3;/h;3H,2H2,1H3;1H2. The fourth-order valence-corrected chi connectivity index (χ4v) is 0.107. The maximum atomic E-state index is 11.0. The van der Waals surface area contributed by atoms with Gasteiger partial charge in [0.1, 0.15) is 0 Å². The topological polar surface area (TPSA) is 51.7 Å². The molecule has 0 aliphatic rings. The smallest absolute Gasteiger partial charge is 0.412 e. The Bertz CT molecular complexity index is 148. The minimum Gasteiger partial charge on any atom is -0.412 e. The van der Waals surface area contributed by atoms with Crippen molar-refractivity contribution in [2.24, 2.45) is 0 Å². The number of halogens is 6. The molecule has 0 saturated carbocycles. The van der Waals surface area contributed by atoms with Crippen LogP contribution in [0.1, 0.15) is 6.92 Å². The Morgan fingerprint density at radius 3 is 1.38 bits per heavy atom. The lowest BCUT2D eigenvalue weighted by Gasteiger charge is -1.98. The lowest BCUT2D eigenvalue weighted by molar-refractivity contribution is -0.113. The summed E-state index contributed by atoms with van der Waals surface area (Å²) in [5.41, 5.74) is 0. The van der Waals surface area contributed by atoms with Gasteiger partial charge in [0.05, 0.1) is 0 Å². The van der Waals surface area contributed by atoms with Gasteiger partial charge in [-0.25, -0.2) is 0 Å². The van der Waals surface area contributed by atoms with Gasteiger partial charge in [0.15, 0.2) is 0 Å². The van der Waals surface area contributed by atoms with E-state index in [-0.39, 0.29) is 12.1 Å². The summed E-state index contributed by atoms with van der Waals surface area (Å²) in [7, 11) is 0. The Morgan fingerprint density at radius 1 is 1.15 bits per heavy atom. The third-order valence-electron chi connectivity index (χ3n) is 0.415. The van der Waals surface area contributed by atoms with Crippen molar-refractivity contribution in [1.29, 1.82) is 0 Å². The van der Waals surface area contributed by atoms with Gasteiger partial charge in [0.2, 0.25) is 0 Å². The number of allylic oxidation sites excluding steroid dienone is 1. The van der Waals surface area contributed by atoms with Crippen LogP contribution in [0.25, 0.3) is 0 Å². The second-order valence-electron chi connectivity index (χ2n) is 1.39. The van der Waals surface area contributed by atoms with Crippen LogP contribution in [0.2, 0.25) is 0 Å². The molecule has 0 amide bonds. The molecule has 0 aliphatic carbocycles. The van der Waals surface area contributed by atoms with E-state index in [1.54, 1.807) is 6.92 Å². The molecule has 2 nitrogen and oxygen atoms in total. The summed E-state index contributed by atoms with van der Waals surface area (Å²) < 4.78 is 64.8. The molecule has 0 bridgehead atoms. The molecule has 0 aromatic carbocycles. The summed E-state index contributed by atoms with van der Waals surface area (Å²) in [5.74, 6) is -3.33. The lowest BCUT2D eigenvalue weighted by Crippen LogP contribution is -2.08. The summed E-state index contributed by atoms with van der Waals surface area (Å²) in [6, 6.07) is 0. The van der Waals surface area contributed by atoms with Crippen LogP contribution in [0.15, 0.2) is 11.9 Å². The van der Waals surface area contributed by atoms with Crippen LogP contribution in [-0.4, -0.2) is 23.4 Å². The van der Waals surface area contributed by atoms with E-state index in [0.29, 0.717) is 0 Å². The molecule has 0 aliphatic heterocycles. The largest absolute Gasteiger partial charge is 0.448 e. The highest BCUT2D eigenvalue weighted by molar-refractivity contribution is 4.98. The maximum Gasteiger partial charge on any atom is 0.448 e. The van der Waals surface area contributed by atoms with Gasteiger partial charge in [-0.1, -0.05) is 0 Å². The van der Waals surface area contributed by atoms with Crippen molar-refractivity contribution in [3.05, 3.63) is 11.9 Å². The van der Waals surface area contributed by atoms with Crippen LogP contribution in [0.5, 0.6) is 0 Å². The Hall–Kier alpha value is -0.760. The molecule has 0 atom stereocenters. The normalized spacial score (nSPS) is 9.23. The van der Waals surface area contributed by atoms with E-state index in [1.165, 1.54) is 0 Å². The first-order valence-corrected chi connectivity index (χ1v) is 2.66. The molecule has 0 heterocycles. The molecular formula is C5H8F6O2. The highest BCUT2D eigenvalue weighted by atomic mass is 19.4. The van der Waals surface area contributed by atoms with Crippen LogP contribution < -0.4 is 0 Å². The molecule has 0 aromatic heterocycles. The molecule has 0 aromatic rings. The molecule has 3 N–H and O–H groups in total. The van der Waals surface area contributed by atoms with Crippen molar-refractivity contribution in [1.82, 2.24) is 0 Å². The van der Waals surface area contributed by atoms with Crippen molar-refractivity contribution in [2.45, 2.75) is 13.1 Å². The number of aliphatic hydroxyl groups is 1. The van der Waals surface area contributed by atoms with Gasteiger partial charge in [-0.3, -0.25) is 0 Å². The minimum atomic E-state index is -5.56. The average Bonchev–Trinajstić information content (AvgIpc) is 1.85. The van der Waals surface area contributed by atoms with Gasteiger partial charge in [-0.2, -0.15) is 26.3 Å². The molecule has 0 saturated heterocycles. The van der Waals surface area contributed by atoms with Crippen LogP contribution >= 0.6 is 0 Å². The first kappa shape index (κ1) is 18.1. The van der Waals surface area contributed by atoms with Gasteiger partial charge < -0.3 is 10.6 Å². The van der Waals surface area contributed by atoms with E-state index >= 15 is 0 Å². The highest BCUT2D eigenvalue weighted by Gasteiger charge is 2.38. The van der Waals surface area contributed by atoms with Crippen molar-refractivity contribution in [3.63, 3.8) is 0 Å². The zero-order chi connectivity index (χ0) is 10.4. The first-order chi connectivity index (χ1) is 5.27. The van der Waals surface area contributed by atoms with E-state index in [4.69, 9.17) is 5.11 Å². The third kappa shape index (κ3) is 11.2. The molecule has 8 heteroatoms. The third-order valence-corrected chi connectivity index (χ3v) is 0.415. The van der Waals surface area contributed by atoms with E-state index < -0.39 is 18.1 Å². The summed E-state index contributed by atoms with van der Waals surface area (Å²) in [4.78, 5) is 0. The number of hydrogen-bond donors (Lipinski definition) is 1. The summed E-state index contributed by atoms with van der Waals surface area (Å²) in [5, 5.41) is 7.57. The van der Waals surface area contributed by atoms with Gasteiger partial charge in [0.25, 0.3) is 5.83 Å². The average molecular weight is 214 g/mol. The molecule has 0 spiro atoms. The fraction of sp³-hybridized carbons (Fsp3) is 0.600. The summed E-state index contributed by atoms with van der Waals surface area (Å²) >= 11 is 0. The molecule has 0 rings (SSSR count). The number of aliphatic hydroxyl groups excluding tert-OH is 1. The molecule has 82 valence electrons. The van der Waals surface area contributed by atoms with Crippen molar-refractivity contribution < 1.29 is 36.9 Å². The van der Waals surface area contributed by atoms with E-state index in [0.717, 1.165) is 0 Å². The van der Waals surface area contributed by atoms with Crippen molar-refractivity contribution >= 4 is 0 Å². The predicted octanol–water partition coefficient (Wildman–Crippen LogP) is 1.80. The molecule has 0 fully saturated rings. The monoisotopic (exact) mass is 214 g/mol. The quantitative estimate of drug-likeness (QED) is 0.614. The number of hydrogen-bond acceptors (Lipinski definition) is 1. The van der Waals surface area contributed by atoms with Crippen LogP contribution in [0, 0.1) is 0 Å². The number of rotatable bonds is 0. The zero-order valence-corrected chi connectivity index (χ0v) is 6.42. The molecular weight excluding hydrogens is 206 g/mol. The SMILES string of the molecule is CCO.FC(F)=C(F)C(F)(F)F.O. The highest BCUT2D eigenvalue weighted by Crippen LogP contribution is 2.29. The second-order valence-corrected chi connectivity index (χ2v) is 1.39. The molecule has 0 radical (unpaired) electrons. The Labute approximate surface area is 69.8 Å². The summed E-state index contributed by atoms with van der Waals surface area (Å²) in [6.07, 6.45) is -8.90. The minimum absolute atomic E-state index is 0. The van der Waals surface area contributed by atoms with Crippen LogP contribution in [0.3, 0.4) is 0 Å². The van der Waals surface area contributed by atoms with Crippen molar-refractivity contribution in [3.8, 4) is 0 Å². The van der Waals surface area contributed by atoms with E-state index in [9.17, 15) is 26.3 Å². The molecule has 13 heavy (non-hydrogen) atoms. The number of alkyl halides is 3. The fourth-order valence-electron chi connectivity index (χ4n) is 0.107. The van der Waals surface area contributed by atoms with E-state index in [2.05, 4.69) is 0 Å². The van der Waals surface area contributed by atoms with Crippen molar-refractivity contribution in [2.75, 3.05) is 6.61 Å². The van der Waals surface area contributed by atoms with E-state index in [1.807, 2.05) is 0 Å². The Balaban J connectivity index is -0.000000220. The molecule has 0 unspecified atom stereocenters. The van der Waals surface area contributed by atoms with Gasteiger partial charge in [-0.05, 0) is 6.92 Å². The maximum absolute atomic E-state index is 11.0. The lowest BCUT2D eigenvalue weighted by atomic mass is 10.6. The Morgan fingerprint density at radius 2 is 1.38 bits per heavy atom. The zero-order valence-electron chi connectivity index (χ0n) is 6.42. The Kier molecular flexibility index (Phi) is 11.0. The first-order valence-electron chi connectivity index (χ1n) is 2.66. The van der Waals surface area contributed by atoms with Gasteiger partial charge >= 0.3 is 12.3 Å². The second kappa shape index (κ2) is 7.87. The predicted molar refractivity (Wildman–Crippen MR) is 32.8 cm³/mol. The van der Waals surface area contributed by atoms with Gasteiger partial charge in [-0.15, -0.1) is 0 Å². The summed E-state index contributed by atoms with van der Waals surface area (Å²) in [6.45, 7) is 1.93.